The van der Waals surface area contributed by atoms with Crippen LogP contribution in [0.4, 0.5) is 0 Å². The average Bonchev–Trinajstić information content (AvgIpc) is 2.81. The molecule has 0 radical (unpaired) electrons. The SMILES string of the molecule is N#Cc1ccncc1Sc1nc2ccccc2o1. The molecule has 0 N–H and O–H groups in total. The second-order valence-electron chi connectivity index (χ2n) is 3.53. The molecule has 5 heteroatoms. The van der Waals surface area contributed by atoms with Crippen molar-refractivity contribution in [1.82, 2.24) is 9.97 Å². The van der Waals surface area contributed by atoms with Crippen molar-refractivity contribution < 1.29 is 4.42 Å². The van der Waals surface area contributed by atoms with Gasteiger partial charge in [-0.25, -0.2) is 4.98 Å². The molecule has 0 bridgehead atoms. The van der Waals surface area contributed by atoms with E-state index in [-0.39, 0.29) is 0 Å². The molecule has 2 aromatic heterocycles. The molecular formula is C13H7N3OS. The van der Waals surface area contributed by atoms with Crippen molar-refractivity contribution in [3.05, 3.63) is 48.3 Å². The third-order valence-electron chi connectivity index (χ3n) is 2.38. The predicted molar refractivity (Wildman–Crippen MR) is 67.1 cm³/mol. The van der Waals surface area contributed by atoms with E-state index in [0.717, 1.165) is 16.0 Å². The highest BCUT2D eigenvalue weighted by Crippen LogP contribution is 2.31. The van der Waals surface area contributed by atoms with Crippen LogP contribution in [0.3, 0.4) is 0 Å². The summed E-state index contributed by atoms with van der Waals surface area (Å²) in [7, 11) is 0. The van der Waals surface area contributed by atoms with Crippen LogP contribution >= 0.6 is 11.8 Å². The Morgan fingerprint density at radius 2 is 2.11 bits per heavy atom. The summed E-state index contributed by atoms with van der Waals surface area (Å²) in [6, 6.07) is 11.3. The molecule has 0 unspecified atom stereocenters. The molecule has 86 valence electrons. The first-order valence-electron chi connectivity index (χ1n) is 5.24. The monoisotopic (exact) mass is 253 g/mol. The molecule has 0 amide bonds. The molecule has 0 aliphatic carbocycles. The number of pyridine rings is 1. The first-order chi connectivity index (χ1) is 8.86. The van der Waals surface area contributed by atoms with Crippen molar-refractivity contribution in [1.29, 1.82) is 5.26 Å². The summed E-state index contributed by atoms with van der Waals surface area (Å²) in [5, 5.41) is 9.51. The number of para-hydroxylation sites is 2. The van der Waals surface area contributed by atoms with Gasteiger partial charge >= 0.3 is 0 Å². The maximum absolute atomic E-state index is 8.99. The van der Waals surface area contributed by atoms with E-state index in [9.17, 15) is 0 Å². The highest BCUT2D eigenvalue weighted by molar-refractivity contribution is 7.99. The van der Waals surface area contributed by atoms with Gasteiger partial charge in [0.05, 0.1) is 10.5 Å². The minimum Gasteiger partial charge on any atom is -0.431 e. The summed E-state index contributed by atoms with van der Waals surface area (Å²) in [6.45, 7) is 0. The van der Waals surface area contributed by atoms with Crippen LogP contribution in [-0.2, 0) is 0 Å². The molecule has 0 atom stereocenters. The minimum atomic E-state index is 0.515. The van der Waals surface area contributed by atoms with Gasteiger partial charge in [0.1, 0.15) is 11.6 Å². The summed E-state index contributed by atoms with van der Waals surface area (Å²) >= 11 is 1.30. The number of nitrogens with zero attached hydrogens (tertiary/aromatic N) is 3. The lowest BCUT2D eigenvalue weighted by Gasteiger charge is -1.97. The van der Waals surface area contributed by atoms with Crippen LogP contribution in [0.15, 0.2) is 57.3 Å². The van der Waals surface area contributed by atoms with Crippen molar-refractivity contribution in [2.45, 2.75) is 10.1 Å². The summed E-state index contributed by atoms with van der Waals surface area (Å²) in [6.07, 6.45) is 3.23. The molecular weight excluding hydrogens is 246 g/mol. The van der Waals surface area contributed by atoms with Crippen LogP contribution in [0.2, 0.25) is 0 Å². The van der Waals surface area contributed by atoms with Gasteiger partial charge < -0.3 is 4.42 Å². The Labute approximate surface area is 107 Å². The average molecular weight is 253 g/mol. The summed E-state index contributed by atoms with van der Waals surface area (Å²) < 4.78 is 5.59. The van der Waals surface area contributed by atoms with E-state index >= 15 is 0 Å². The molecule has 0 aliphatic rings. The number of rotatable bonds is 2. The maximum Gasteiger partial charge on any atom is 0.261 e. The Kier molecular flexibility index (Phi) is 2.71. The van der Waals surface area contributed by atoms with Crippen LogP contribution in [-0.4, -0.2) is 9.97 Å². The van der Waals surface area contributed by atoms with E-state index in [1.807, 2.05) is 24.3 Å². The Balaban J connectivity index is 1.99. The Morgan fingerprint density at radius 1 is 1.22 bits per heavy atom. The smallest absolute Gasteiger partial charge is 0.261 e. The van der Waals surface area contributed by atoms with E-state index in [2.05, 4.69) is 16.0 Å². The zero-order valence-corrected chi connectivity index (χ0v) is 10.0. The largest absolute Gasteiger partial charge is 0.431 e. The van der Waals surface area contributed by atoms with Crippen LogP contribution in [0.25, 0.3) is 11.1 Å². The van der Waals surface area contributed by atoms with Gasteiger partial charge in [0.15, 0.2) is 5.58 Å². The van der Waals surface area contributed by atoms with Crippen LogP contribution in [0.1, 0.15) is 5.56 Å². The second-order valence-corrected chi connectivity index (χ2v) is 4.53. The molecule has 3 rings (SSSR count). The number of hydrogen-bond donors (Lipinski definition) is 0. The number of oxazole rings is 1. The lowest BCUT2D eigenvalue weighted by molar-refractivity contribution is 0.489. The lowest BCUT2D eigenvalue weighted by Crippen LogP contribution is -1.82. The van der Waals surface area contributed by atoms with Crippen LogP contribution in [0.5, 0.6) is 0 Å². The Morgan fingerprint density at radius 3 is 2.94 bits per heavy atom. The molecule has 4 nitrogen and oxygen atoms in total. The van der Waals surface area contributed by atoms with E-state index in [0.29, 0.717) is 10.8 Å². The van der Waals surface area contributed by atoms with Gasteiger partial charge in [-0.1, -0.05) is 12.1 Å². The highest BCUT2D eigenvalue weighted by Gasteiger charge is 2.10. The van der Waals surface area contributed by atoms with Crippen molar-refractivity contribution in [2.24, 2.45) is 0 Å². The van der Waals surface area contributed by atoms with Gasteiger partial charge in [-0.2, -0.15) is 5.26 Å². The molecule has 0 saturated heterocycles. The third kappa shape index (κ3) is 1.94. The summed E-state index contributed by atoms with van der Waals surface area (Å²) in [4.78, 5) is 9.09. The number of aromatic nitrogens is 2. The van der Waals surface area contributed by atoms with Crippen molar-refractivity contribution in [3.63, 3.8) is 0 Å². The summed E-state index contributed by atoms with van der Waals surface area (Å²) in [5.41, 5.74) is 2.11. The van der Waals surface area contributed by atoms with E-state index in [1.165, 1.54) is 11.8 Å². The molecule has 0 spiro atoms. The van der Waals surface area contributed by atoms with Gasteiger partial charge in [-0.15, -0.1) is 0 Å². The fourth-order valence-electron chi connectivity index (χ4n) is 1.54. The molecule has 2 heterocycles. The van der Waals surface area contributed by atoms with Crippen LogP contribution < -0.4 is 0 Å². The van der Waals surface area contributed by atoms with Gasteiger partial charge in [0, 0.05) is 12.4 Å². The minimum absolute atomic E-state index is 0.515. The number of hydrogen-bond acceptors (Lipinski definition) is 5. The second kappa shape index (κ2) is 4.51. The molecule has 3 aromatic rings. The van der Waals surface area contributed by atoms with Gasteiger partial charge in [-0.05, 0) is 30.0 Å². The van der Waals surface area contributed by atoms with Gasteiger partial charge in [0.2, 0.25) is 0 Å². The highest BCUT2D eigenvalue weighted by atomic mass is 32.2. The predicted octanol–water partition coefficient (Wildman–Crippen LogP) is 3.25. The van der Waals surface area contributed by atoms with Crippen molar-refractivity contribution in [3.8, 4) is 6.07 Å². The Hall–Kier alpha value is -2.32. The third-order valence-corrected chi connectivity index (χ3v) is 3.27. The zero-order chi connectivity index (χ0) is 12.4. The first kappa shape index (κ1) is 10.8. The number of nitriles is 1. The number of benzene rings is 1. The molecule has 0 fully saturated rings. The van der Waals surface area contributed by atoms with Gasteiger partial charge in [0.25, 0.3) is 5.22 Å². The fraction of sp³-hybridized carbons (Fsp3) is 0. The van der Waals surface area contributed by atoms with Gasteiger partial charge in [-0.3, -0.25) is 4.98 Å². The van der Waals surface area contributed by atoms with E-state index in [4.69, 9.17) is 9.68 Å². The quantitative estimate of drug-likeness (QED) is 0.701. The van der Waals surface area contributed by atoms with E-state index in [1.54, 1.807) is 18.5 Å². The molecule has 18 heavy (non-hydrogen) atoms. The van der Waals surface area contributed by atoms with E-state index < -0.39 is 0 Å². The van der Waals surface area contributed by atoms with Crippen LogP contribution in [0, 0.1) is 11.3 Å². The van der Waals surface area contributed by atoms with Crippen molar-refractivity contribution in [2.75, 3.05) is 0 Å². The normalized spacial score (nSPS) is 10.4. The molecule has 0 saturated carbocycles. The zero-order valence-electron chi connectivity index (χ0n) is 9.20. The number of fused-ring (bicyclic) bond motifs is 1. The van der Waals surface area contributed by atoms with Crippen molar-refractivity contribution >= 4 is 22.9 Å². The topological polar surface area (TPSA) is 62.7 Å². The lowest BCUT2D eigenvalue weighted by atomic mass is 10.3. The Bertz CT molecular complexity index is 712. The standard InChI is InChI=1S/C13H7N3OS/c14-7-9-5-6-15-8-12(9)18-13-16-10-3-1-2-4-11(10)17-13/h1-6,8H. The first-order valence-corrected chi connectivity index (χ1v) is 6.06. The fourth-order valence-corrected chi connectivity index (χ4v) is 2.34. The maximum atomic E-state index is 8.99. The molecule has 1 aromatic carbocycles. The summed E-state index contributed by atoms with van der Waals surface area (Å²) in [5.74, 6) is 0. The molecule has 0 aliphatic heterocycles.